The van der Waals surface area contributed by atoms with Gasteiger partial charge in [-0.05, 0) is 35.7 Å². The van der Waals surface area contributed by atoms with Gasteiger partial charge in [0.1, 0.15) is 6.29 Å². The highest BCUT2D eigenvalue weighted by Gasteiger charge is 2.34. The quantitative estimate of drug-likeness (QED) is 0.770. The number of sulfonamides is 1. The lowest BCUT2D eigenvalue weighted by molar-refractivity contribution is -0.109. The SMILES string of the molecule is COCc1cccc2c1[C@H](C=O)CN(S(=O)(=O)c1ccc(C)cc1)C2. The van der Waals surface area contributed by atoms with Crippen LogP contribution in [0.25, 0.3) is 0 Å². The van der Waals surface area contributed by atoms with Gasteiger partial charge in [-0.15, -0.1) is 0 Å². The topological polar surface area (TPSA) is 63.7 Å². The number of benzene rings is 2. The summed E-state index contributed by atoms with van der Waals surface area (Å²) in [6.45, 7) is 2.71. The van der Waals surface area contributed by atoms with Crippen molar-refractivity contribution in [2.75, 3.05) is 13.7 Å². The van der Waals surface area contributed by atoms with E-state index >= 15 is 0 Å². The highest BCUT2D eigenvalue weighted by Crippen LogP contribution is 2.33. The lowest BCUT2D eigenvalue weighted by atomic mass is 9.88. The summed E-state index contributed by atoms with van der Waals surface area (Å²) < 4.78 is 32.5. The predicted octanol–water partition coefficient (Wildman–Crippen LogP) is 2.63. The molecule has 0 amide bonds. The van der Waals surface area contributed by atoms with E-state index in [4.69, 9.17) is 4.74 Å². The molecule has 0 saturated heterocycles. The molecule has 1 aliphatic rings. The molecule has 0 aromatic heterocycles. The van der Waals surface area contributed by atoms with E-state index in [1.807, 2.05) is 25.1 Å². The number of fused-ring (bicyclic) bond motifs is 1. The molecule has 5 nitrogen and oxygen atoms in total. The average Bonchev–Trinajstić information content (AvgIpc) is 2.61. The normalized spacial score (nSPS) is 17.9. The monoisotopic (exact) mass is 359 g/mol. The summed E-state index contributed by atoms with van der Waals surface area (Å²) in [4.78, 5) is 11.9. The third-order valence-electron chi connectivity index (χ3n) is 4.53. The van der Waals surface area contributed by atoms with Gasteiger partial charge in [0.15, 0.2) is 0 Å². The number of hydrogen-bond acceptors (Lipinski definition) is 4. The highest BCUT2D eigenvalue weighted by atomic mass is 32.2. The first-order valence-corrected chi connectivity index (χ1v) is 9.53. The van der Waals surface area contributed by atoms with Crippen molar-refractivity contribution in [3.63, 3.8) is 0 Å². The number of nitrogens with zero attached hydrogens (tertiary/aromatic N) is 1. The maximum atomic E-state index is 13.0. The fraction of sp³-hybridized carbons (Fsp3) is 0.316. The molecule has 0 saturated carbocycles. The zero-order valence-corrected chi connectivity index (χ0v) is 15.1. The first kappa shape index (κ1) is 17.8. The Kier molecular flexibility index (Phi) is 5.03. The van der Waals surface area contributed by atoms with E-state index in [0.717, 1.165) is 28.5 Å². The van der Waals surface area contributed by atoms with Crippen molar-refractivity contribution in [1.82, 2.24) is 4.31 Å². The lowest BCUT2D eigenvalue weighted by Gasteiger charge is -2.33. The van der Waals surface area contributed by atoms with Crippen molar-refractivity contribution in [1.29, 1.82) is 0 Å². The standard InChI is InChI=1S/C19H21NO4S/c1-14-6-8-18(9-7-14)25(22,23)20-10-15-4-3-5-16(13-24-2)19(15)17(11-20)12-21/h3-9,12,17H,10-11,13H2,1-2H3/t17-/m0/s1. The molecule has 0 fully saturated rings. The number of aryl methyl sites for hydroxylation is 1. The summed E-state index contributed by atoms with van der Waals surface area (Å²) in [5.74, 6) is -0.490. The zero-order valence-electron chi connectivity index (χ0n) is 14.3. The highest BCUT2D eigenvalue weighted by molar-refractivity contribution is 7.89. The molecule has 25 heavy (non-hydrogen) atoms. The molecule has 2 aromatic carbocycles. The third-order valence-corrected chi connectivity index (χ3v) is 6.35. The van der Waals surface area contributed by atoms with Crippen LogP contribution >= 0.6 is 0 Å². The van der Waals surface area contributed by atoms with Crippen LogP contribution in [0.1, 0.15) is 28.2 Å². The Morgan fingerprint density at radius 2 is 1.92 bits per heavy atom. The first-order chi connectivity index (χ1) is 12.0. The molecular formula is C19H21NO4S. The molecule has 3 rings (SSSR count). The molecular weight excluding hydrogens is 338 g/mol. The predicted molar refractivity (Wildman–Crippen MR) is 94.7 cm³/mol. The molecule has 0 N–H and O–H groups in total. The maximum Gasteiger partial charge on any atom is 0.243 e. The molecule has 132 valence electrons. The van der Waals surface area contributed by atoms with Crippen LogP contribution in [0.5, 0.6) is 0 Å². The van der Waals surface area contributed by atoms with Crippen LogP contribution in [0.15, 0.2) is 47.4 Å². The van der Waals surface area contributed by atoms with E-state index in [1.165, 1.54) is 4.31 Å². The van der Waals surface area contributed by atoms with Crippen LogP contribution in [0.2, 0.25) is 0 Å². The van der Waals surface area contributed by atoms with E-state index in [2.05, 4.69) is 0 Å². The summed E-state index contributed by atoms with van der Waals surface area (Å²) in [7, 11) is -2.04. The molecule has 0 radical (unpaired) electrons. The third kappa shape index (κ3) is 3.38. The van der Waals surface area contributed by atoms with Crippen molar-refractivity contribution in [3.8, 4) is 0 Å². The summed E-state index contributed by atoms with van der Waals surface area (Å²) in [6, 6.07) is 12.4. The minimum absolute atomic E-state index is 0.146. The van der Waals surface area contributed by atoms with Crippen molar-refractivity contribution in [2.45, 2.75) is 30.9 Å². The number of rotatable bonds is 5. The molecule has 6 heteroatoms. The Morgan fingerprint density at radius 3 is 2.56 bits per heavy atom. The Balaban J connectivity index is 2.00. The average molecular weight is 359 g/mol. The van der Waals surface area contributed by atoms with Crippen LogP contribution in [-0.2, 0) is 32.7 Å². The smallest absolute Gasteiger partial charge is 0.243 e. The fourth-order valence-electron chi connectivity index (χ4n) is 3.28. The van der Waals surface area contributed by atoms with Crippen LogP contribution in [0.4, 0.5) is 0 Å². The van der Waals surface area contributed by atoms with Crippen LogP contribution < -0.4 is 0 Å². The largest absolute Gasteiger partial charge is 0.380 e. The van der Waals surface area contributed by atoms with Gasteiger partial charge in [0, 0.05) is 20.2 Å². The number of hydrogen-bond donors (Lipinski definition) is 0. The maximum absolute atomic E-state index is 13.0. The van der Waals surface area contributed by atoms with Gasteiger partial charge in [-0.3, -0.25) is 0 Å². The number of carbonyl (C=O) groups excluding carboxylic acids is 1. The minimum atomic E-state index is -3.65. The molecule has 1 atom stereocenters. The van der Waals surface area contributed by atoms with E-state index in [1.54, 1.807) is 31.4 Å². The van der Waals surface area contributed by atoms with Crippen molar-refractivity contribution < 1.29 is 17.9 Å². The molecule has 0 unspecified atom stereocenters. The van der Waals surface area contributed by atoms with Gasteiger partial charge in [-0.25, -0.2) is 8.42 Å². The second-order valence-electron chi connectivity index (χ2n) is 6.28. The molecule has 1 heterocycles. The second kappa shape index (κ2) is 7.07. The number of carbonyl (C=O) groups is 1. The first-order valence-electron chi connectivity index (χ1n) is 8.09. The van der Waals surface area contributed by atoms with Crippen LogP contribution in [0.3, 0.4) is 0 Å². The number of aldehydes is 1. The van der Waals surface area contributed by atoms with E-state index in [-0.39, 0.29) is 18.0 Å². The molecule has 0 spiro atoms. The van der Waals surface area contributed by atoms with Gasteiger partial charge < -0.3 is 9.53 Å². The van der Waals surface area contributed by atoms with Crippen LogP contribution in [-0.4, -0.2) is 32.7 Å². The molecule has 2 aromatic rings. The Bertz CT molecular complexity index is 875. The van der Waals surface area contributed by atoms with Gasteiger partial charge in [0.25, 0.3) is 0 Å². The number of ether oxygens (including phenoxy) is 1. The summed E-state index contributed by atoms with van der Waals surface area (Å²) >= 11 is 0. The Morgan fingerprint density at radius 1 is 1.20 bits per heavy atom. The van der Waals surface area contributed by atoms with E-state index < -0.39 is 15.9 Å². The lowest BCUT2D eigenvalue weighted by Crippen LogP contribution is -2.39. The summed E-state index contributed by atoms with van der Waals surface area (Å²) in [6.07, 6.45) is 0.828. The Labute approximate surface area is 148 Å². The van der Waals surface area contributed by atoms with Crippen molar-refractivity contribution in [3.05, 3.63) is 64.7 Å². The van der Waals surface area contributed by atoms with Gasteiger partial charge in [-0.1, -0.05) is 35.9 Å². The molecule has 0 bridgehead atoms. The zero-order chi connectivity index (χ0) is 18.0. The van der Waals surface area contributed by atoms with Gasteiger partial charge >= 0.3 is 0 Å². The van der Waals surface area contributed by atoms with Gasteiger partial charge in [0.2, 0.25) is 10.0 Å². The van der Waals surface area contributed by atoms with Crippen molar-refractivity contribution >= 4 is 16.3 Å². The molecule has 1 aliphatic heterocycles. The van der Waals surface area contributed by atoms with Crippen molar-refractivity contribution in [2.24, 2.45) is 0 Å². The number of methoxy groups -OCH3 is 1. The van der Waals surface area contributed by atoms with E-state index in [9.17, 15) is 13.2 Å². The summed E-state index contributed by atoms with van der Waals surface area (Å²) in [5, 5.41) is 0. The minimum Gasteiger partial charge on any atom is -0.380 e. The van der Waals surface area contributed by atoms with Gasteiger partial charge in [-0.2, -0.15) is 4.31 Å². The molecule has 0 aliphatic carbocycles. The fourth-order valence-corrected chi connectivity index (χ4v) is 4.72. The van der Waals surface area contributed by atoms with Crippen LogP contribution in [0, 0.1) is 6.92 Å². The second-order valence-corrected chi connectivity index (χ2v) is 8.21. The summed E-state index contributed by atoms with van der Waals surface area (Å²) in [5.41, 5.74) is 3.69. The van der Waals surface area contributed by atoms with E-state index in [0.29, 0.717) is 6.61 Å². The van der Waals surface area contributed by atoms with Gasteiger partial charge in [0.05, 0.1) is 17.4 Å². The Hall–Kier alpha value is -2.02.